The molecule has 1 saturated carbocycles. The maximum Gasteiger partial charge on any atom is 0.257 e. The third-order valence-electron chi connectivity index (χ3n) is 5.25. The van der Waals surface area contributed by atoms with Gasteiger partial charge in [0, 0.05) is 42.2 Å². The zero-order valence-corrected chi connectivity index (χ0v) is 13.9. The minimum atomic E-state index is 0.0945. The van der Waals surface area contributed by atoms with Gasteiger partial charge in [0.2, 0.25) is 0 Å². The Bertz CT molecular complexity index is 945. The van der Waals surface area contributed by atoms with Crippen LogP contribution in [0.2, 0.25) is 0 Å². The van der Waals surface area contributed by atoms with E-state index in [2.05, 4.69) is 17.1 Å². The standard InChI is InChI=1S/C20H19N3O2/c24-20(16-8-11-25-18(16)13-3-4-13)23-10-7-15(12-23)17-6-5-14-2-1-9-21-19(14)22-17/h1-2,5-6,8-9,11,13,15H,3-4,7,10,12H2/t15-/m0/s1. The molecule has 1 aliphatic carbocycles. The van der Waals surface area contributed by atoms with Crippen molar-refractivity contribution in [3.8, 4) is 0 Å². The van der Waals surface area contributed by atoms with Gasteiger partial charge in [-0.3, -0.25) is 4.79 Å². The first kappa shape index (κ1) is 14.6. The number of likely N-dealkylation sites (tertiary alicyclic amines) is 1. The first-order chi connectivity index (χ1) is 12.3. The lowest BCUT2D eigenvalue weighted by Gasteiger charge is -2.16. The van der Waals surface area contributed by atoms with Crippen LogP contribution in [-0.2, 0) is 0 Å². The molecule has 0 unspecified atom stereocenters. The lowest BCUT2D eigenvalue weighted by atomic mass is 10.0. The van der Waals surface area contributed by atoms with Gasteiger partial charge in [-0.2, -0.15) is 0 Å². The Hall–Kier alpha value is -2.69. The van der Waals surface area contributed by atoms with Gasteiger partial charge in [-0.1, -0.05) is 0 Å². The Labute approximate surface area is 145 Å². The second-order valence-electron chi connectivity index (χ2n) is 7.00. The smallest absolute Gasteiger partial charge is 0.257 e. The van der Waals surface area contributed by atoms with Crippen molar-refractivity contribution in [1.29, 1.82) is 0 Å². The van der Waals surface area contributed by atoms with Gasteiger partial charge in [0.25, 0.3) is 5.91 Å². The molecule has 1 amide bonds. The maximum absolute atomic E-state index is 12.9. The lowest BCUT2D eigenvalue weighted by molar-refractivity contribution is 0.0788. The van der Waals surface area contributed by atoms with Gasteiger partial charge in [0.1, 0.15) is 5.76 Å². The molecule has 4 heterocycles. The van der Waals surface area contributed by atoms with Gasteiger partial charge in [-0.05, 0) is 49.6 Å². The predicted octanol–water partition coefficient (Wildman–Crippen LogP) is 3.73. The van der Waals surface area contributed by atoms with Crippen molar-refractivity contribution in [2.24, 2.45) is 0 Å². The molecule has 2 fully saturated rings. The Kier molecular flexibility index (Phi) is 3.33. The fourth-order valence-electron chi connectivity index (χ4n) is 3.71. The summed E-state index contributed by atoms with van der Waals surface area (Å²) in [7, 11) is 0. The summed E-state index contributed by atoms with van der Waals surface area (Å²) in [5.41, 5.74) is 2.54. The Morgan fingerprint density at radius 2 is 2.04 bits per heavy atom. The molecule has 126 valence electrons. The highest BCUT2D eigenvalue weighted by molar-refractivity contribution is 5.95. The van der Waals surface area contributed by atoms with E-state index in [1.807, 2.05) is 23.1 Å². The molecule has 0 radical (unpaired) electrons. The Morgan fingerprint density at radius 1 is 1.12 bits per heavy atom. The monoisotopic (exact) mass is 333 g/mol. The predicted molar refractivity (Wildman–Crippen MR) is 93.5 cm³/mol. The molecule has 0 N–H and O–H groups in total. The number of carbonyl (C=O) groups is 1. The number of carbonyl (C=O) groups excluding carboxylic acids is 1. The number of fused-ring (bicyclic) bond motifs is 1. The molecule has 1 atom stereocenters. The molecule has 5 heteroatoms. The highest BCUT2D eigenvalue weighted by Crippen LogP contribution is 2.42. The van der Waals surface area contributed by atoms with Crippen LogP contribution in [-0.4, -0.2) is 33.9 Å². The average Bonchev–Trinajstić information content (AvgIpc) is 3.19. The molecule has 1 aliphatic heterocycles. The minimum Gasteiger partial charge on any atom is -0.468 e. The summed E-state index contributed by atoms with van der Waals surface area (Å²) >= 11 is 0. The number of hydrogen-bond acceptors (Lipinski definition) is 4. The van der Waals surface area contributed by atoms with Crippen LogP contribution in [0.3, 0.4) is 0 Å². The van der Waals surface area contributed by atoms with Crippen LogP contribution in [0.15, 0.2) is 47.2 Å². The SMILES string of the molecule is O=C(c1ccoc1C1CC1)N1CC[C@H](c2ccc3cccnc3n2)C1. The van der Waals surface area contributed by atoms with Gasteiger partial charge in [-0.25, -0.2) is 9.97 Å². The van der Waals surface area contributed by atoms with Crippen molar-refractivity contribution in [1.82, 2.24) is 14.9 Å². The fourth-order valence-corrected chi connectivity index (χ4v) is 3.71. The average molecular weight is 333 g/mol. The van der Waals surface area contributed by atoms with Crippen molar-refractivity contribution in [3.05, 3.63) is 59.8 Å². The zero-order valence-electron chi connectivity index (χ0n) is 13.9. The second-order valence-corrected chi connectivity index (χ2v) is 7.00. The molecule has 25 heavy (non-hydrogen) atoms. The number of amides is 1. The largest absolute Gasteiger partial charge is 0.468 e. The van der Waals surface area contributed by atoms with E-state index in [1.54, 1.807) is 12.5 Å². The molecule has 0 aromatic carbocycles. The van der Waals surface area contributed by atoms with Crippen LogP contribution in [0.4, 0.5) is 0 Å². The van der Waals surface area contributed by atoms with Gasteiger partial charge < -0.3 is 9.32 Å². The van der Waals surface area contributed by atoms with Crippen LogP contribution in [0.25, 0.3) is 11.0 Å². The molecule has 3 aromatic rings. The van der Waals surface area contributed by atoms with E-state index in [4.69, 9.17) is 9.40 Å². The fraction of sp³-hybridized carbons (Fsp3) is 0.350. The summed E-state index contributed by atoms with van der Waals surface area (Å²) in [6.45, 7) is 1.47. The van der Waals surface area contributed by atoms with Crippen LogP contribution < -0.4 is 0 Å². The maximum atomic E-state index is 12.9. The van der Waals surface area contributed by atoms with Crippen LogP contribution in [0.1, 0.15) is 52.9 Å². The minimum absolute atomic E-state index is 0.0945. The normalized spacial score (nSPS) is 20.3. The van der Waals surface area contributed by atoms with Crippen LogP contribution >= 0.6 is 0 Å². The van der Waals surface area contributed by atoms with Crippen molar-refractivity contribution in [2.75, 3.05) is 13.1 Å². The van der Waals surface area contributed by atoms with Crippen LogP contribution in [0.5, 0.6) is 0 Å². The molecular weight excluding hydrogens is 314 g/mol. The first-order valence-electron chi connectivity index (χ1n) is 8.88. The summed E-state index contributed by atoms with van der Waals surface area (Å²) in [6, 6.07) is 9.89. The topological polar surface area (TPSA) is 59.2 Å². The molecule has 3 aromatic heterocycles. The summed E-state index contributed by atoms with van der Waals surface area (Å²) in [5, 5.41) is 1.05. The number of rotatable bonds is 3. The number of aromatic nitrogens is 2. The summed E-state index contributed by atoms with van der Waals surface area (Å²) in [4.78, 5) is 23.9. The molecule has 0 spiro atoms. The Balaban J connectivity index is 1.36. The number of nitrogens with zero attached hydrogens (tertiary/aromatic N) is 3. The van der Waals surface area contributed by atoms with E-state index in [1.165, 1.54) is 0 Å². The van der Waals surface area contributed by atoms with E-state index in [9.17, 15) is 4.79 Å². The Morgan fingerprint density at radius 3 is 2.92 bits per heavy atom. The van der Waals surface area contributed by atoms with Crippen molar-refractivity contribution in [3.63, 3.8) is 0 Å². The molecule has 1 saturated heterocycles. The molecule has 5 nitrogen and oxygen atoms in total. The summed E-state index contributed by atoms with van der Waals surface area (Å²) in [5.74, 6) is 1.69. The zero-order chi connectivity index (χ0) is 16.8. The quantitative estimate of drug-likeness (QED) is 0.733. The lowest BCUT2D eigenvalue weighted by Crippen LogP contribution is -2.28. The molecule has 5 rings (SSSR count). The van der Waals surface area contributed by atoms with E-state index in [-0.39, 0.29) is 11.8 Å². The highest BCUT2D eigenvalue weighted by atomic mass is 16.3. The molecule has 2 aliphatic rings. The van der Waals surface area contributed by atoms with E-state index in [0.717, 1.165) is 53.9 Å². The first-order valence-corrected chi connectivity index (χ1v) is 8.88. The third-order valence-corrected chi connectivity index (χ3v) is 5.25. The number of pyridine rings is 2. The van der Waals surface area contributed by atoms with E-state index in [0.29, 0.717) is 12.5 Å². The summed E-state index contributed by atoms with van der Waals surface area (Å²) in [6.07, 6.45) is 6.61. The van der Waals surface area contributed by atoms with Gasteiger partial charge in [0.05, 0.1) is 11.8 Å². The third kappa shape index (κ3) is 2.60. The molecular formula is C20H19N3O2. The number of furan rings is 1. The van der Waals surface area contributed by atoms with Gasteiger partial charge in [-0.15, -0.1) is 0 Å². The molecule has 0 bridgehead atoms. The van der Waals surface area contributed by atoms with Gasteiger partial charge >= 0.3 is 0 Å². The van der Waals surface area contributed by atoms with E-state index < -0.39 is 0 Å². The van der Waals surface area contributed by atoms with Crippen molar-refractivity contribution < 1.29 is 9.21 Å². The second kappa shape index (κ2) is 5.69. The van der Waals surface area contributed by atoms with Crippen molar-refractivity contribution in [2.45, 2.75) is 31.1 Å². The van der Waals surface area contributed by atoms with Gasteiger partial charge in [0.15, 0.2) is 5.65 Å². The van der Waals surface area contributed by atoms with Crippen molar-refractivity contribution >= 4 is 16.9 Å². The number of hydrogen-bond donors (Lipinski definition) is 0. The van der Waals surface area contributed by atoms with E-state index >= 15 is 0 Å². The highest BCUT2D eigenvalue weighted by Gasteiger charge is 2.35. The van der Waals surface area contributed by atoms with Crippen LogP contribution in [0, 0.1) is 0 Å². The summed E-state index contributed by atoms with van der Waals surface area (Å²) < 4.78 is 5.56.